The van der Waals surface area contributed by atoms with Crippen LogP contribution in [0.3, 0.4) is 0 Å². The third-order valence-electron chi connectivity index (χ3n) is 3.15. The van der Waals surface area contributed by atoms with Crippen molar-refractivity contribution in [3.8, 4) is 0 Å². The van der Waals surface area contributed by atoms with Crippen molar-refractivity contribution in [2.45, 2.75) is 53.2 Å². The van der Waals surface area contributed by atoms with Gasteiger partial charge in [-0.1, -0.05) is 6.07 Å². The van der Waals surface area contributed by atoms with E-state index in [-0.39, 0.29) is 6.61 Å². The van der Waals surface area contributed by atoms with Crippen molar-refractivity contribution in [2.24, 2.45) is 0 Å². The first-order chi connectivity index (χ1) is 10.5. The minimum Gasteiger partial charge on any atom is -0.464 e. The Bertz CT molecular complexity index is 589. The number of rotatable bonds is 4. The van der Waals surface area contributed by atoms with Crippen molar-refractivity contribution < 1.29 is 24.2 Å². The summed E-state index contributed by atoms with van der Waals surface area (Å²) in [5, 5.41) is 12.7. The molecule has 1 unspecified atom stereocenters. The van der Waals surface area contributed by atoms with Crippen LogP contribution in [0.5, 0.6) is 0 Å². The predicted octanol–water partition coefficient (Wildman–Crippen LogP) is 3.25. The Balaban J connectivity index is 3.05. The third-order valence-corrected chi connectivity index (χ3v) is 3.15. The molecule has 2 N–H and O–H groups in total. The smallest absolute Gasteiger partial charge is 0.412 e. The highest BCUT2D eigenvalue weighted by molar-refractivity contribution is 5.87. The minimum atomic E-state index is -1.39. The second-order valence-corrected chi connectivity index (χ2v) is 6.29. The molecule has 1 aromatic rings. The summed E-state index contributed by atoms with van der Waals surface area (Å²) in [5.41, 5.74) is 1.89. The second kappa shape index (κ2) is 7.46. The summed E-state index contributed by atoms with van der Waals surface area (Å²) in [6, 6.07) is 3.24. The van der Waals surface area contributed by atoms with Gasteiger partial charge in [0.25, 0.3) is 0 Å². The topological polar surface area (TPSA) is 84.9 Å². The largest absolute Gasteiger partial charge is 0.464 e. The van der Waals surface area contributed by atoms with Crippen molar-refractivity contribution in [3.05, 3.63) is 28.8 Å². The van der Waals surface area contributed by atoms with Crippen LogP contribution in [0.25, 0.3) is 0 Å². The Hall–Kier alpha value is -2.08. The molecule has 1 rings (SSSR count). The van der Waals surface area contributed by atoms with E-state index in [0.29, 0.717) is 11.3 Å². The van der Waals surface area contributed by atoms with Gasteiger partial charge in [-0.15, -0.1) is 0 Å². The van der Waals surface area contributed by atoms with E-state index in [4.69, 9.17) is 9.47 Å². The average molecular weight is 323 g/mol. The van der Waals surface area contributed by atoms with Crippen LogP contribution in [-0.4, -0.2) is 29.4 Å². The lowest BCUT2D eigenvalue weighted by molar-refractivity contribution is -0.153. The van der Waals surface area contributed by atoms with Gasteiger partial charge in [0.05, 0.1) is 6.61 Å². The number of ether oxygens (including phenoxy) is 2. The quantitative estimate of drug-likeness (QED) is 0.831. The van der Waals surface area contributed by atoms with Crippen molar-refractivity contribution in [1.29, 1.82) is 0 Å². The number of anilines is 1. The van der Waals surface area contributed by atoms with E-state index in [9.17, 15) is 14.7 Å². The molecule has 0 spiro atoms. The van der Waals surface area contributed by atoms with E-state index in [2.05, 4.69) is 5.32 Å². The number of nitrogens with one attached hydrogen (secondary N) is 1. The Morgan fingerprint density at radius 1 is 1.26 bits per heavy atom. The standard InChI is InChI=1S/C17H25NO5/c1-7-22-15(20)14(19)12-8-10(2)11(3)13(9-12)18-16(21)23-17(4,5)6/h8-9,14,19H,7H2,1-6H3,(H,18,21). The van der Waals surface area contributed by atoms with Gasteiger partial charge in [-0.2, -0.15) is 0 Å². The molecule has 0 radical (unpaired) electrons. The lowest BCUT2D eigenvalue weighted by Gasteiger charge is -2.21. The summed E-state index contributed by atoms with van der Waals surface area (Å²) in [5.74, 6) is -0.723. The molecule has 23 heavy (non-hydrogen) atoms. The monoisotopic (exact) mass is 323 g/mol. The summed E-state index contributed by atoms with van der Waals surface area (Å²) in [7, 11) is 0. The fraction of sp³-hybridized carbons (Fsp3) is 0.529. The lowest BCUT2D eigenvalue weighted by atomic mass is 10.0. The van der Waals surface area contributed by atoms with Crippen molar-refractivity contribution >= 4 is 17.7 Å². The van der Waals surface area contributed by atoms with Crippen LogP contribution in [0, 0.1) is 13.8 Å². The van der Waals surface area contributed by atoms with Crippen LogP contribution in [0.1, 0.15) is 50.5 Å². The Morgan fingerprint density at radius 3 is 2.39 bits per heavy atom. The third kappa shape index (κ3) is 5.56. The number of aliphatic hydroxyl groups is 1. The van der Waals surface area contributed by atoms with Crippen molar-refractivity contribution in [1.82, 2.24) is 0 Å². The first-order valence-electron chi connectivity index (χ1n) is 7.51. The molecule has 0 aromatic heterocycles. The Labute approximate surface area is 136 Å². The van der Waals surface area contributed by atoms with E-state index in [1.54, 1.807) is 39.8 Å². The van der Waals surface area contributed by atoms with E-state index >= 15 is 0 Å². The van der Waals surface area contributed by atoms with E-state index in [1.807, 2.05) is 13.8 Å². The van der Waals surface area contributed by atoms with Gasteiger partial charge in [-0.3, -0.25) is 5.32 Å². The molecular formula is C17H25NO5. The van der Waals surface area contributed by atoms with Gasteiger partial charge in [0.1, 0.15) is 5.60 Å². The zero-order valence-corrected chi connectivity index (χ0v) is 14.5. The molecule has 6 heteroatoms. The van der Waals surface area contributed by atoms with E-state index in [0.717, 1.165) is 11.1 Å². The summed E-state index contributed by atoms with van der Waals surface area (Å²) in [4.78, 5) is 23.6. The number of aryl methyl sites for hydroxylation is 1. The molecule has 128 valence electrons. The number of esters is 1. The highest BCUT2D eigenvalue weighted by Crippen LogP contribution is 2.26. The molecule has 0 saturated carbocycles. The number of hydrogen-bond acceptors (Lipinski definition) is 5. The predicted molar refractivity (Wildman–Crippen MR) is 87.4 cm³/mol. The maximum atomic E-state index is 11.9. The molecule has 1 aromatic carbocycles. The summed E-state index contributed by atoms with van der Waals surface area (Å²) >= 11 is 0. The Kier molecular flexibility index (Phi) is 6.15. The van der Waals surface area contributed by atoms with Gasteiger partial charge >= 0.3 is 12.1 Å². The van der Waals surface area contributed by atoms with Gasteiger partial charge in [-0.25, -0.2) is 9.59 Å². The molecular weight excluding hydrogens is 298 g/mol. The summed E-state index contributed by atoms with van der Waals surface area (Å²) in [6.45, 7) is 10.8. The minimum absolute atomic E-state index is 0.184. The molecule has 1 amide bonds. The molecule has 0 bridgehead atoms. The number of hydrogen-bond donors (Lipinski definition) is 2. The molecule has 0 saturated heterocycles. The molecule has 0 heterocycles. The van der Waals surface area contributed by atoms with E-state index in [1.165, 1.54) is 0 Å². The van der Waals surface area contributed by atoms with Crippen molar-refractivity contribution in [2.75, 3.05) is 11.9 Å². The van der Waals surface area contributed by atoms with Crippen molar-refractivity contribution in [3.63, 3.8) is 0 Å². The molecule has 1 atom stereocenters. The molecule has 6 nitrogen and oxygen atoms in total. The number of carbonyl (C=O) groups is 2. The summed E-state index contributed by atoms with van der Waals surface area (Å²) in [6.07, 6.45) is -1.99. The number of amides is 1. The normalized spacial score (nSPS) is 12.5. The van der Waals surface area contributed by atoms with Crippen LogP contribution in [-0.2, 0) is 14.3 Å². The van der Waals surface area contributed by atoms with Gasteiger partial charge in [-0.05, 0) is 64.3 Å². The van der Waals surface area contributed by atoms with Gasteiger partial charge in [0.15, 0.2) is 6.10 Å². The van der Waals surface area contributed by atoms with Gasteiger partial charge in [0.2, 0.25) is 0 Å². The zero-order valence-electron chi connectivity index (χ0n) is 14.5. The maximum absolute atomic E-state index is 11.9. The number of aliphatic hydroxyl groups excluding tert-OH is 1. The Morgan fingerprint density at radius 2 is 1.87 bits per heavy atom. The fourth-order valence-electron chi connectivity index (χ4n) is 1.95. The highest BCUT2D eigenvalue weighted by Gasteiger charge is 2.22. The van der Waals surface area contributed by atoms with Crippen LogP contribution in [0.4, 0.5) is 10.5 Å². The van der Waals surface area contributed by atoms with Gasteiger partial charge in [0, 0.05) is 5.69 Å². The molecule has 0 fully saturated rings. The SMILES string of the molecule is CCOC(=O)C(O)c1cc(C)c(C)c(NC(=O)OC(C)(C)C)c1. The summed E-state index contributed by atoms with van der Waals surface area (Å²) < 4.78 is 10.0. The zero-order chi connectivity index (χ0) is 17.8. The number of benzene rings is 1. The molecule has 0 aliphatic rings. The van der Waals surface area contributed by atoms with Crippen LogP contribution >= 0.6 is 0 Å². The highest BCUT2D eigenvalue weighted by atomic mass is 16.6. The fourth-order valence-corrected chi connectivity index (χ4v) is 1.95. The van der Waals surface area contributed by atoms with Crippen LogP contribution in [0.15, 0.2) is 12.1 Å². The molecule has 0 aliphatic carbocycles. The molecule has 0 aliphatic heterocycles. The lowest BCUT2D eigenvalue weighted by Crippen LogP contribution is -2.27. The van der Waals surface area contributed by atoms with Crippen LogP contribution in [0.2, 0.25) is 0 Å². The van der Waals surface area contributed by atoms with Gasteiger partial charge < -0.3 is 14.6 Å². The average Bonchev–Trinajstić information content (AvgIpc) is 2.41. The van der Waals surface area contributed by atoms with E-state index < -0.39 is 23.8 Å². The maximum Gasteiger partial charge on any atom is 0.412 e. The second-order valence-electron chi connectivity index (χ2n) is 6.29. The first-order valence-corrected chi connectivity index (χ1v) is 7.51. The first kappa shape index (κ1) is 19.0. The number of carbonyl (C=O) groups excluding carboxylic acids is 2. The van der Waals surface area contributed by atoms with Crippen LogP contribution < -0.4 is 5.32 Å².